The van der Waals surface area contributed by atoms with Crippen molar-refractivity contribution >= 4 is 30.2 Å². The summed E-state index contributed by atoms with van der Waals surface area (Å²) in [5, 5.41) is 17.8. The van der Waals surface area contributed by atoms with Crippen molar-refractivity contribution in [3.8, 4) is 0 Å². The minimum atomic E-state index is -0.448. The fraction of sp³-hybridized carbons (Fsp3) is 0.736. The van der Waals surface area contributed by atoms with Gasteiger partial charge < -0.3 is 35.6 Å². The first-order valence-corrected chi connectivity index (χ1v) is 25.7. The molecular formula is C53H89N9O7. The first-order valence-electron chi connectivity index (χ1n) is 25.7. The third-order valence-electron chi connectivity index (χ3n) is 14.7. The Morgan fingerprint density at radius 1 is 0.783 bits per heavy atom. The highest BCUT2D eigenvalue weighted by Crippen LogP contribution is 2.48. The average molecular weight is 964 g/mol. The Labute approximate surface area is 413 Å². The number of aryl methyl sites for hydroxylation is 1. The van der Waals surface area contributed by atoms with Gasteiger partial charge in [0.2, 0.25) is 5.95 Å². The van der Waals surface area contributed by atoms with Crippen LogP contribution >= 0.6 is 0 Å². The summed E-state index contributed by atoms with van der Waals surface area (Å²) in [7, 11) is 1.82. The van der Waals surface area contributed by atoms with E-state index < -0.39 is 6.03 Å². The van der Waals surface area contributed by atoms with Crippen LogP contribution in [0.2, 0.25) is 0 Å². The van der Waals surface area contributed by atoms with Gasteiger partial charge in [0.1, 0.15) is 5.82 Å². The molecule has 2 fully saturated rings. The number of allylic oxidation sites excluding steroid dienone is 4. The Kier molecular flexibility index (Phi) is 20.7. The highest BCUT2D eigenvalue weighted by atomic mass is 16.6. The summed E-state index contributed by atoms with van der Waals surface area (Å²) in [6.07, 6.45) is 15.9. The van der Waals surface area contributed by atoms with Crippen LogP contribution in [0.4, 0.5) is 25.1 Å². The number of aromatic amines is 1. The standard InChI is InChI=1S/C53H89N9O7/c1-14-38(19-22-69-49(67)62(13)42-29-51(9,10)32-53(12,30-42)34-55-47(65)61-45-57-37(6)25-44(63)60-45)17-18-39(15-2)26-40(16-3)20-21-68-48(66)58-41-27-50(7,8)31-52(11,28-41)33-54-46(64)59-43-24-35(4)23-36(5)56-43/h23-25,38-42,56H,4,14-22,26-34H2,1-3,5-13H3,(H,58,66)(H2,54,59,64)(H3,55,57,60,61,63,65). The van der Waals surface area contributed by atoms with Crippen molar-refractivity contribution in [2.45, 2.75) is 178 Å². The summed E-state index contributed by atoms with van der Waals surface area (Å²) in [5.41, 5.74) is 1.33. The molecule has 4 rings (SSSR count). The third-order valence-corrected chi connectivity index (χ3v) is 14.7. The second-order valence-corrected chi connectivity index (χ2v) is 23.1. The summed E-state index contributed by atoms with van der Waals surface area (Å²) in [6, 6.07) is 0.520. The zero-order valence-corrected chi connectivity index (χ0v) is 44.3. The van der Waals surface area contributed by atoms with Crippen LogP contribution in [0.15, 0.2) is 46.7 Å². The number of dihydropyridines is 1. The number of hydrogen-bond acceptors (Lipinski definition) is 9. The summed E-state index contributed by atoms with van der Waals surface area (Å²) < 4.78 is 11.7. The highest BCUT2D eigenvalue weighted by molar-refractivity contribution is 5.87. The lowest BCUT2D eigenvalue weighted by Crippen LogP contribution is -2.51. The van der Waals surface area contributed by atoms with E-state index in [1.807, 2.05) is 20.0 Å². The Morgan fingerprint density at radius 2 is 1.35 bits per heavy atom. The van der Waals surface area contributed by atoms with Crippen LogP contribution in [0.3, 0.4) is 0 Å². The number of H-pyrrole nitrogens is 1. The molecule has 1 aliphatic heterocycles. The Hall–Kier alpha value is -5.02. The lowest BCUT2D eigenvalue weighted by atomic mass is 9.62. The normalized spacial score (nSPS) is 24.2. The van der Waals surface area contributed by atoms with Crippen molar-refractivity contribution in [1.82, 2.24) is 41.5 Å². The van der Waals surface area contributed by atoms with E-state index >= 15 is 0 Å². The van der Waals surface area contributed by atoms with E-state index in [0.29, 0.717) is 62.0 Å². The molecule has 16 heteroatoms. The van der Waals surface area contributed by atoms with Gasteiger partial charge >= 0.3 is 24.2 Å². The van der Waals surface area contributed by atoms with Crippen molar-refractivity contribution in [1.29, 1.82) is 0 Å². The SMILES string of the molecule is C=C1C=C(C)NC(NC(=O)NCC2(C)CC(NC(=O)OCCC(CC)CC(CC)CCC(CC)CCOC(=O)N(C)C3CC(C)(C)CC(C)(CNC(=O)Nc4nc(C)cc(=O)[nH]4)C3)CC(C)(C)C2)=C1. The quantitative estimate of drug-likeness (QED) is 0.0589. The van der Waals surface area contributed by atoms with Crippen LogP contribution in [0.1, 0.15) is 165 Å². The largest absolute Gasteiger partial charge is 0.450 e. The minimum absolute atomic E-state index is 0.0252. The molecule has 2 saturated carbocycles. The molecule has 0 bridgehead atoms. The maximum atomic E-state index is 13.4. The van der Waals surface area contributed by atoms with E-state index in [0.717, 1.165) is 94.7 Å². The van der Waals surface area contributed by atoms with Crippen molar-refractivity contribution in [3.05, 3.63) is 57.9 Å². The molecule has 0 saturated heterocycles. The summed E-state index contributed by atoms with van der Waals surface area (Å²) in [6.45, 7) is 29.1. The number of nitrogens with zero attached hydrogens (tertiary/aromatic N) is 2. The molecule has 7 atom stereocenters. The van der Waals surface area contributed by atoms with Gasteiger partial charge in [0.05, 0.1) is 13.2 Å². The fourth-order valence-corrected chi connectivity index (χ4v) is 11.8. The number of ether oxygens (including phenoxy) is 2. The lowest BCUT2D eigenvalue weighted by molar-refractivity contribution is 0.0196. The number of nitrogens with one attached hydrogen (secondary N) is 7. The van der Waals surface area contributed by atoms with Gasteiger partial charge in [-0.3, -0.25) is 20.4 Å². The molecule has 16 nitrogen and oxygen atoms in total. The second-order valence-electron chi connectivity index (χ2n) is 23.1. The molecule has 6 amide bonds. The number of carbonyl (C=O) groups is 4. The molecule has 1 aromatic heterocycles. The molecule has 7 N–H and O–H groups in total. The van der Waals surface area contributed by atoms with Crippen molar-refractivity contribution in [2.24, 2.45) is 39.4 Å². The van der Waals surface area contributed by atoms with Gasteiger partial charge in [0, 0.05) is 49.7 Å². The van der Waals surface area contributed by atoms with Crippen LogP contribution in [-0.2, 0) is 9.47 Å². The third kappa shape index (κ3) is 19.4. The molecule has 388 valence electrons. The van der Waals surface area contributed by atoms with Crippen LogP contribution in [0, 0.1) is 46.3 Å². The lowest BCUT2D eigenvalue weighted by Gasteiger charge is -2.48. The zero-order valence-electron chi connectivity index (χ0n) is 44.3. The molecule has 2 aliphatic carbocycles. The topological polar surface area (TPSA) is 208 Å². The van der Waals surface area contributed by atoms with Crippen LogP contribution < -0.4 is 37.5 Å². The molecule has 0 aromatic carbocycles. The molecule has 0 spiro atoms. The maximum absolute atomic E-state index is 13.4. The second kappa shape index (κ2) is 25.2. The number of anilines is 1. The van der Waals surface area contributed by atoms with Crippen molar-refractivity contribution in [2.75, 3.05) is 38.7 Å². The maximum Gasteiger partial charge on any atom is 0.409 e. The average Bonchev–Trinajstić information content (AvgIpc) is 3.22. The van der Waals surface area contributed by atoms with Gasteiger partial charge in [-0.1, -0.05) is 101 Å². The highest BCUT2D eigenvalue weighted by Gasteiger charge is 2.44. The summed E-state index contributed by atoms with van der Waals surface area (Å²) >= 11 is 0. The number of urea groups is 2. The molecule has 1 aromatic rings. The van der Waals surface area contributed by atoms with E-state index in [4.69, 9.17) is 9.47 Å². The van der Waals surface area contributed by atoms with Crippen LogP contribution in [-0.4, -0.2) is 84.6 Å². The van der Waals surface area contributed by atoms with Crippen LogP contribution in [0.5, 0.6) is 0 Å². The van der Waals surface area contributed by atoms with Gasteiger partial charge in [-0.15, -0.1) is 0 Å². The zero-order chi connectivity index (χ0) is 51.2. The molecule has 3 aliphatic rings. The Bertz CT molecular complexity index is 2050. The molecule has 7 unspecified atom stereocenters. The first kappa shape index (κ1) is 56.6. The number of hydrogen-bond donors (Lipinski definition) is 7. The van der Waals surface area contributed by atoms with Crippen molar-refractivity contribution < 1.29 is 28.7 Å². The van der Waals surface area contributed by atoms with E-state index in [1.54, 1.807) is 17.9 Å². The smallest absolute Gasteiger partial charge is 0.409 e. The van der Waals surface area contributed by atoms with Crippen LogP contribution in [0.25, 0.3) is 0 Å². The molecule has 2 heterocycles. The van der Waals surface area contributed by atoms with E-state index in [-0.39, 0.29) is 63.5 Å². The molecule has 0 radical (unpaired) electrons. The summed E-state index contributed by atoms with van der Waals surface area (Å²) in [4.78, 5) is 72.5. The predicted molar refractivity (Wildman–Crippen MR) is 274 cm³/mol. The molecule has 69 heavy (non-hydrogen) atoms. The van der Waals surface area contributed by atoms with Gasteiger partial charge in [-0.05, 0) is 129 Å². The number of aromatic nitrogens is 2. The fourth-order valence-electron chi connectivity index (χ4n) is 11.8. The van der Waals surface area contributed by atoms with Gasteiger partial charge in [0.15, 0.2) is 0 Å². The van der Waals surface area contributed by atoms with E-state index in [2.05, 4.69) is 111 Å². The number of rotatable bonds is 22. The van der Waals surface area contributed by atoms with Gasteiger partial charge in [-0.2, -0.15) is 0 Å². The predicted octanol–water partition coefficient (Wildman–Crippen LogP) is 10.4. The monoisotopic (exact) mass is 964 g/mol. The number of carbonyl (C=O) groups excluding carboxylic acids is 4. The number of amides is 6. The Balaban J connectivity index is 1.15. The molecular weight excluding hydrogens is 875 g/mol. The number of alkyl carbamates (subject to hydrolysis) is 1. The van der Waals surface area contributed by atoms with Crippen molar-refractivity contribution in [3.63, 3.8) is 0 Å². The van der Waals surface area contributed by atoms with E-state index in [9.17, 15) is 24.0 Å². The summed E-state index contributed by atoms with van der Waals surface area (Å²) in [5.74, 6) is 2.15. The Morgan fingerprint density at radius 3 is 1.97 bits per heavy atom. The first-order chi connectivity index (χ1) is 32.3. The minimum Gasteiger partial charge on any atom is -0.450 e. The van der Waals surface area contributed by atoms with E-state index in [1.165, 1.54) is 6.07 Å². The van der Waals surface area contributed by atoms with Gasteiger partial charge in [0.25, 0.3) is 5.56 Å². The van der Waals surface area contributed by atoms with Gasteiger partial charge in [-0.25, -0.2) is 24.2 Å².